The van der Waals surface area contributed by atoms with Crippen molar-refractivity contribution in [2.75, 3.05) is 20.8 Å². The molecule has 0 fully saturated rings. The van der Waals surface area contributed by atoms with Gasteiger partial charge in [0.1, 0.15) is 5.92 Å². The second-order valence-electron chi connectivity index (χ2n) is 5.88. The molecule has 0 radical (unpaired) electrons. The van der Waals surface area contributed by atoms with E-state index >= 15 is 0 Å². The Morgan fingerprint density at radius 3 is 2.46 bits per heavy atom. The van der Waals surface area contributed by atoms with Crippen LogP contribution in [0.4, 0.5) is 0 Å². The Morgan fingerprint density at radius 2 is 1.88 bits per heavy atom. The number of rotatable bonds is 5. The Labute approximate surface area is 152 Å². The Kier molecular flexibility index (Phi) is 6.02. The van der Waals surface area contributed by atoms with Crippen LogP contribution in [0.2, 0.25) is 0 Å². The highest BCUT2D eigenvalue weighted by atomic mass is 16.5. The number of hydrogen-bond donors (Lipinski definition) is 1. The van der Waals surface area contributed by atoms with E-state index in [4.69, 9.17) is 14.2 Å². The van der Waals surface area contributed by atoms with Crippen molar-refractivity contribution in [2.45, 2.75) is 26.7 Å². The largest absolute Gasteiger partial charge is 0.504 e. The van der Waals surface area contributed by atoms with E-state index < -0.39 is 23.8 Å². The monoisotopic (exact) mass is 361 g/mol. The SMILES string of the molecule is CCOc1cc([C@H]2C(C(=O)OC)=C(C)N=C(C)[C@@H]2C(=O)OC)ccc1O. The van der Waals surface area contributed by atoms with Gasteiger partial charge in [0.05, 0.1) is 26.4 Å². The van der Waals surface area contributed by atoms with Crippen molar-refractivity contribution in [2.24, 2.45) is 10.9 Å². The van der Waals surface area contributed by atoms with Crippen LogP contribution in [0.3, 0.4) is 0 Å². The summed E-state index contributed by atoms with van der Waals surface area (Å²) in [5.41, 5.74) is 1.92. The van der Waals surface area contributed by atoms with Gasteiger partial charge in [-0.3, -0.25) is 9.79 Å². The lowest BCUT2D eigenvalue weighted by molar-refractivity contribution is -0.143. The molecule has 1 aliphatic rings. The third-order valence-corrected chi connectivity index (χ3v) is 4.33. The van der Waals surface area contributed by atoms with Gasteiger partial charge in [-0.2, -0.15) is 0 Å². The highest BCUT2D eigenvalue weighted by Crippen LogP contribution is 2.42. The summed E-state index contributed by atoms with van der Waals surface area (Å²) in [5.74, 6) is -2.26. The summed E-state index contributed by atoms with van der Waals surface area (Å²) >= 11 is 0. The van der Waals surface area contributed by atoms with Gasteiger partial charge in [0.2, 0.25) is 0 Å². The van der Waals surface area contributed by atoms with Gasteiger partial charge in [0.15, 0.2) is 11.5 Å². The van der Waals surface area contributed by atoms with Crippen LogP contribution >= 0.6 is 0 Å². The lowest BCUT2D eigenvalue weighted by Gasteiger charge is -2.31. The predicted octanol–water partition coefficient (Wildman–Crippen LogP) is 2.59. The quantitative estimate of drug-likeness (QED) is 0.810. The lowest BCUT2D eigenvalue weighted by Crippen LogP contribution is -2.36. The number of benzene rings is 1. The zero-order valence-electron chi connectivity index (χ0n) is 15.5. The molecule has 1 heterocycles. The molecule has 2 atom stereocenters. The summed E-state index contributed by atoms with van der Waals surface area (Å²) in [4.78, 5) is 29.2. The number of nitrogens with zero attached hydrogens (tertiary/aromatic N) is 1. The molecule has 140 valence electrons. The van der Waals surface area contributed by atoms with Gasteiger partial charge in [-0.05, 0) is 38.5 Å². The van der Waals surface area contributed by atoms with Crippen molar-refractivity contribution < 1.29 is 28.9 Å². The minimum atomic E-state index is -0.781. The first-order valence-electron chi connectivity index (χ1n) is 8.23. The number of ether oxygens (including phenoxy) is 3. The first-order chi connectivity index (χ1) is 12.3. The number of phenolic OH excluding ortho intramolecular Hbond substituents is 1. The fourth-order valence-electron chi connectivity index (χ4n) is 3.20. The molecule has 1 aliphatic heterocycles. The van der Waals surface area contributed by atoms with Crippen LogP contribution in [0, 0.1) is 5.92 Å². The number of aromatic hydroxyl groups is 1. The number of carbonyl (C=O) groups is 2. The maximum Gasteiger partial charge on any atom is 0.336 e. The Hall–Kier alpha value is -2.83. The lowest BCUT2D eigenvalue weighted by atomic mass is 9.75. The summed E-state index contributed by atoms with van der Waals surface area (Å²) in [6, 6.07) is 4.74. The van der Waals surface area contributed by atoms with Gasteiger partial charge in [0, 0.05) is 17.3 Å². The summed E-state index contributed by atoms with van der Waals surface area (Å²) in [7, 11) is 2.57. The molecule has 0 bridgehead atoms. The molecule has 0 unspecified atom stereocenters. The van der Waals surface area contributed by atoms with Crippen LogP contribution < -0.4 is 4.74 Å². The molecule has 1 aromatic carbocycles. The Bertz CT molecular complexity index is 780. The Balaban J connectivity index is 2.68. The van der Waals surface area contributed by atoms with Crippen molar-refractivity contribution in [3.05, 3.63) is 35.0 Å². The van der Waals surface area contributed by atoms with Crippen LogP contribution in [0.25, 0.3) is 0 Å². The van der Waals surface area contributed by atoms with Gasteiger partial charge in [-0.15, -0.1) is 0 Å². The van der Waals surface area contributed by atoms with Crippen molar-refractivity contribution in [1.82, 2.24) is 0 Å². The highest BCUT2D eigenvalue weighted by molar-refractivity contribution is 6.06. The molecule has 26 heavy (non-hydrogen) atoms. The second-order valence-corrected chi connectivity index (χ2v) is 5.88. The number of phenols is 1. The van der Waals surface area contributed by atoms with Crippen molar-refractivity contribution >= 4 is 17.7 Å². The van der Waals surface area contributed by atoms with Crippen LogP contribution in [0.5, 0.6) is 11.5 Å². The third-order valence-electron chi connectivity index (χ3n) is 4.33. The molecule has 1 N–H and O–H groups in total. The van der Waals surface area contributed by atoms with Gasteiger partial charge in [0.25, 0.3) is 0 Å². The van der Waals surface area contributed by atoms with Crippen molar-refractivity contribution in [3.8, 4) is 11.5 Å². The number of allylic oxidation sites excluding steroid dienone is 1. The number of esters is 2. The molecule has 0 spiro atoms. The normalized spacial score (nSPS) is 19.7. The minimum Gasteiger partial charge on any atom is -0.504 e. The molecule has 0 aliphatic carbocycles. The summed E-state index contributed by atoms with van der Waals surface area (Å²) < 4.78 is 15.3. The zero-order valence-corrected chi connectivity index (χ0v) is 15.5. The van der Waals surface area contributed by atoms with E-state index in [1.165, 1.54) is 20.3 Å². The van der Waals surface area contributed by atoms with E-state index in [0.29, 0.717) is 23.6 Å². The summed E-state index contributed by atoms with van der Waals surface area (Å²) in [6.07, 6.45) is 0. The van der Waals surface area contributed by atoms with Crippen LogP contribution in [0.15, 0.2) is 34.5 Å². The molecular weight excluding hydrogens is 338 g/mol. The van der Waals surface area contributed by atoms with Gasteiger partial charge < -0.3 is 19.3 Å². The van der Waals surface area contributed by atoms with E-state index in [2.05, 4.69) is 4.99 Å². The number of methoxy groups -OCH3 is 2. The molecule has 0 aromatic heterocycles. The van der Waals surface area contributed by atoms with Crippen LogP contribution in [-0.2, 0) is 19.1 Å². The average Bonchev–Trinajstić information content (AvgIpc) is 2.62. The van der Waals surface area contributed by atoms with E-state index in [0.717, 1.165) is 0 Å². The Morgan fingerprint density at radius 1 is 1.19 bits per heavy atom. The molecule has 0 amide bonds. The van der Waals surface area contributed by atoms with Gasteiger partial charge in [-0.1, -0.05) is 6.07 Å². The standard InChI is InChI=1S/C19H23NO6/c1-6-26-14-9-12(7-8-13(14)21)17-15(18(22)24-4)10(2)20-11(3)16(17)19(23)25-5/h7-9,15,17,21H,6H2,1-5H3/t15-,17+/m0/s1. The molecule has 0 saturated heterocycles. The average molecular weight is 361 g/mol. The van der Waals surface area contributed by atoms with E-state index in [9.17, 15) is 14.7 Å². The topological polar surface area (TPSA) is 94.4 Å². The van der Waals surface area contributed by atoms with Gasteiger partial charge >= 0.3 is 11.9 Å². The third kappa shape index (κ3) is 3.56. The fraction of sp³-hybridized carbons (Fsp3) is 0.421. The molecule has 7 nitrogen and oxygen atoms in total. The maximum absolute atomic E-state index is 12.4. The molecule has 0 saturated carbocycles. The highest BCUT2D eigenvalue weighted by Gasteiger charge is 2.42. The fourth-order valence-corrected chi connectivity index (χ4v) is 3.20. The molecule has 2 rings (SSSR count). The summed E-state index contributed by atoms with van der Waals surface area (Å²) in [6.45, 7) is 5.57. The van der Waals surface area contributed by atoms with Crippen molar-refractivity contribution in [3.63, 3.8) is 0 Å². The zero-order chi connectivity index (χ0) is 19.4. The van der Waals surface area contributed by atoms with Crippen LogP contribution in [0.1, 0.15) is 32.3 Å². The maximum atomic E-state index is 12.4. The molecule has 1 aromatic rings. The predicted molar refractivity (Wildman–Crippen MR) is 95.3 cm³/mol. The molecule has 7 heteroatoms. The first-order valence-corrected chi connectivity index (χ1v) is 8.23. The number of hydrogen-bond acceptors (Lipinski definition) is 7. The number of aliphatic imine (C=N–C) groups is 1. The minimum absolute atomic E-state index is 0.0215. The first kappa shape index (κ1) is 19.5. The van der Waals surface area contributed by atoms with E-state index in [1.54, 1.807) is 32.9 Å². The number of carbonyl (C=O) groups excluding carboxylic acids is 2. The molecular formula is C19H23NO6. The second kappa shape index (κ2) is 8.03. The van der Waals surface area contributed by atoms with Crippen LogP contribution in [-0.4, -0.2) is 43.6 Å². The van der Waals surface area contributed by atoms with E-state index in [-0.39, 0.29) is 17.1 Å². The van der Waals surface area contributed by atoms with Gasteiger partial charge in [-0.25, -0.2) is 4.79 Å². The summed E-state index contributed by atoms with van der Waals surface area (Å²) in [5, 5.41) is 9.97. The smallest absolute Gasteiger partial charge is 0.336 e. The van der Waals surface area contributed by atoms with Crippen molar-refractivity contribution in [1.29, 1.82) is 0 Å². The van der Waals surface area contributed by atoms with E-state index in [1.807, 2.05) is 0 Å².